The normalized spacial score (nSPS) is 19.0. The predicted octanol–water partition coefficient (Wildman–Crippen LogP) is 2.70. The van der Waals surface area contributed by atoms with E-state index in [4.69, 9.17) is 4.74 Å². The highest BCUT2D eigenvalue weighted by Gasteiger charge is 2.31. The molecule has 122 valence electrons. The van der Waals surface area contributed by atoms with E-state index in [2.05, 4.69) is 15.5 Å². The Labute approximate surface area is 143 Å². The van der Waals surface area contributed by atoms with E-state index in [-0.39, 0.29) is 16.9 Å². The summed E-state index contributed by atoms with van der Waals surface area (Å²) < 4.78 is 5.03. The third-order valence-electron chi connectivity index (χ3n) is 3.36. The van der Waals surface area contributed by atoms with Crippen LogP contribution in [-0.2, 0) is 4.79 Å². The number of hydrogen-bond acceptors (Lipinski definition) is 6. The molecular formula is C17H15N3O3S. The number of aromatic hydroxyl groups is 1. The van der Waals surface area contributed by atoms with Crippen molar-refractivity contribution in [3.05, 3.63) is 59.7 Å². The first-order valence-corrected chi connectivity index (χ1v) is 8.06. The van der Waals surface area contributed by atoms with Crippen molar-refractivity contribution in [3.8, 4) is 11.5 Å². The number of phenolic OH excluding ortho intramolecular Hbond substituents is 1. The first-order valence-electron chi connectivity index (χ1n) is 7.18. The average molecular weight is 341 g/mol. The Hall–Kier alpha value is -2.80. The molecule has 0 aromatic heterocycles. The largest absolute Gasteiger partial charge is 0.504 e. The smallest absolute Gasteiger partial charge is 0.244 e. The van der Waals surface area contributed by atoms with Gasteiger partial charge in [0.15, 0.2) is 16.7 Å². The SMILES string of the molecule is COc1cc(/C=N\N=C2\NC(=O)[C@@H](c3ccccc3)S2)ccc1O. The van der Waals surface area contributed by atoms with E-state index in [1.165, 1.54) is 31.2 Å². The van der Waals surface area contributed by atoms with Crippen molar-refractivity contribution < 1.29 is 14.6 Å². The molecule has 2 N–H and O–H groups in total. The van der Waals surface area contributed by atoms with Crippen LogP contribution in [0.1, 0.15) is 16.4 Å². The molecule has 1 amide bonds. The Morgan fingerprint density at radius 1 is 1.25 bits per heavy atom. The summed E-state index contributed by atoms with van der Waals surface area (Å²) in [5.74, 6) is 0.316. The fourth-order valence-electron chi connectivity index (χ4n) is 2.18. The van der Waals surface area contributed by atoms with Gasteiger partial charge in [0, 0.05) is 0 Å². The van der Waals surface area contributed by atoms with Crippen molar-refractivity contribution in [1.29, 1.82) is 0 Å². The predicted molar refractivity (Wildman–Crippen MR) is 94.6 cm³/mol. The van der Waals surface area contributed by atoms with Crippen molar-refractivity contribution in [2.75, 3.05) is 7.11 Å². The monoisotopic (exact) mass is 341 g/mol. The van der Waals surface area contributed by atoms with Gasteiger partial charge in [-0.25, -0.2) is 0 Å². The number of amidine groups is 1. The molecule has 0 aliphatic carbocycles. The molecule has 1 heterocycles. The fourth-order valence-corrected chi connectivity index (χ4v) is 3.12. The summed E-state index contributed by atoms with van der Waals surface area (Å²) in [5, 5.41) is 20.4. The van der Waals surface area contributed by atoms with Crippen LogP contribution >= 0.6 is 11.8 Å². The summed E-state index contributed by atoms with van der Waals surface area (Å²) in [6, 6.07) is 14.4. The molecule has 0 bridgehead atoms. The maximum Gasteiger partial charge on any atom is 0.244 e. The summed E-state index contributed by atoms with van der Waals surface area (Å²) in [7, 11) is 1.48. The van der Waals surface area contributed by atoms with Crippen LogP contribution in [0.2, 0.25) is 0 Å². The molecule has 1 atom stereocenters. The Bertz CT molecular complexity index is 806. The van der Waals surface area contributed by atoms with Crippen LogP contribution in [0.3, 0.4) is 0 Å². The Kier molecular flexibility index (Phi) is 4.81. The number of amides is 1. The average Bonchev–Trinajstić information content (AvgIpc) is 2.98. The summed E-state index contributed by atoms with van der Waals surface area (Å²) in [6.07, 6.45) is 1.53. The van der Waals surface area contributed by atoms with Gasteiger partial charge in [-0.15, -0.1) is 5.10 Å². The van der Waals surface area contributed by atoms with E-state index in [0.717, 1.165) is 11.1 Å². The highest BCUT2D eigenvalue weighted by molar-refractivity contribution is 8.15. The quantitative estimate of drug-likeness (QED) is 0.661. The van der Waals surface area contributed by atoms with Crippen LogP contribution in [-0.4, -0.2) is 29.5 Å². The Balaban J connectivity index is 1.70. The summed E-state index contributed by atoms with van der Waals surface area (Å²) in [4.78, 5) is 12.0. The highest BCUT2D eigenvalue weighted by Crippen LogP contribution is 2.34. The molecular weight excluding hydrogens is 326 g/mol. The van der Waals surface area contributed by atoms with Gasteiger partial charge in [0.2, 0.25) is 5.91 Å². The third-order valence-corrected chi connectivity index (χ3v) is 4.49. The number of thioether (sulfide) groups is 1. The second-order valence-electron chi connectivity index (χ2n) is 4.98. The number of phenols is 1. The van der Waals surface area contributed by atoms with Gasteiger partial charge in [0.25, 0.3) is 0 Å². The van der Waals surface area contributed by atoms with E-state index in [1.807, 2.05) is 30.3 Å². The van der Waals surface area contributed by atoms with Gasteiger partial charge in [-0.05, 0) is 29.3 Å². The van der Waals surface area contributed by atoms with Crippen molar-refractivity contribution in [2.45, 2.75) is 5.25 Å². The van der Waals surface area contributed by atoms with Gasteiger partial charge < -0.3 is 15.2 Å². The minimum Gasteiger partial charge on any atom is -0.504 e. The minimum atomic E-state index is -0.311. The summed E-state index contributed by atoms with van der Waals surface area (Å²) in [6.45, 7) is 0. The van der Waals surface area contributed by atoms with Gasteiger partial charge in [0.1, 0.15) is 5.25 Å². The van der Waals surface area contributed by atoms with Crippen molar-refractivity contribution in [2.24, 2.45) is 10.2 Å². The van der Waals surface area contributed by atoms with Crippen LogP contribution in [0.15, 0.2) is 58.7 Å². The van der Waals surface area contributed by atoms with E-state index >= 15 is 0 Å². The van der Waals surface area contributed by atoms with Crippen LogP contribution in [0, 0.1) is 0 Å². The topological polar surface area (TPSA) is 83.3 Å². The number of ether oxygens (including phenoxy) is 1. The van der Waals surface area contributed by atoms with Gasteiger partial charge in [-0.3, -0.25) is 4.79 Å². The van der Waals surface area contributed by atoms with Gasteiger partial charge >= 0.3 is 0 Å². The molecule has 6 nitrogen and oxygen atoms in total. The molecule has 1 fully saturated rings. The lowest BCUT2D eigenvalue weighted by Crippen LogP contribution is -2.21. The van der Waals surface area contributed by atoms with Gasteiger partial charge in [-0.1, -0.05) is 42.1 Å². The lowest BCUT2D eigenvalue weighted by Gasteiger charge is -2.03. The first kappa shape index (κ1) is 16.1. The number of hydrogen-bond donors (Lipinski definition) is 2. The molecule has 2 aromatic rings. The Morgan fingerprint density at radius 3 is 2.79 bits per heavy atom. The first-order chi connectivity index (χ1) is 11.7. The standard InChI is InChI=1S/C17H15N3O3S/c1-23-14-9-11(7-8-13(14)21)10-18-20-17-19-16(22)15(24-17)12-5-3-2-4-6-12/h2-10,15,21H,1H3,(H,19,20,22)/b18-10-/t15-/m1/s1. The number of benzene rings is 2. The Morgan fingerprint density at radius 2 is 2.04 bits per heavy atom. The maximum absolute atomic E-state index is 12.0. The van der Waals surface area contributed by atoms with Crippen molar-refractivity contribution >= 4 is 29.1 Å². The molecule has 0 unspecified atom stereocenters. The molecule has 3 rings (SSSR count). The number of carbonyl (C=O) groups is 1. The second kappa shape index (κ2) is 7.18. The number of methoxy groups -OCH3 is 1. The number of rotatable bonds is 4. The lowest BCUT2D eigenvalue weighted by atomic mass is 10.1. The highest BCUT2D eigenvalue weighted by atomic mass is 32.2. The molecule has 0 spiro atoms. The molecule has 0 saturated carbocycles. The molecule has 24 heavy (non-hydrogen) atoms. The van der Waals surface area contributed by atoms with E-state index < -0.39 is 0 Å². The zero-order valence-electron chi connectivity index (χ0n) is 12.8. The van der Waals surface area contributed by atoms with E-state index in [9.17, 15) is 9.90 Å². The molecule has 1 aliphatic heterocycles. The molecule has 1 saturated heterocycles. The number of nitrogens with zero attached hydrogens (tertiary/aromatic N) is 2. The summed E-state index contributed by atoms with van der Waals surface area (Å²) >= 11 is 1.33. The van der Waals surface area contributed by atoms with Crippen LogP contribution in [0.25, 0.3) is 0 Å². The van der Waals surface area contributed by atoms with Crippen molar-refractivity contribution in [1.82, 2.24) is 5.32 Å². The van der Waals surface area contributed by atoms with Crippen LogP contribution in [0.5, 0.6) is 11.5 Å². The minimum absolute atomic E-state index is 0.0604. The van der Waals surface area contributed by atoms with Crippen LogP contribution in [0.4, 0.5) is 0 Å². The van der Waals surface area contributed by atoms with E-state index in [0.29, 0.717) is 10.9 Å². The molecule has 2 aromatic carbocycles. The summed E-state index contributed by atoms with van der Waals surface area (Å²) in [5.41, 5.74) is 1.65. The van der Waals surface area contributed by atoms with E-state index in [1.54, 1.807) is 12.1 Å². The zero-order valence-corrected chi connectivity index (χ0v) is 13.7. The third kappa shape index (κ3) is 3.57. The van der Waals surface area contributed by atoms with Gasteiger partial charge in [0.05, 0.1) is 13.3 Å². The lowest BCUT2D eigenvalue weighted by molar-refractivity contribution is -0.118. The maximum atomic E-state index is 12.0. The number of carbonyl (C=O) groups excluding carboxylic acids is 1. The number of nitrogens with one attached hydrogen (secondary N) is 1. The van der Waals surface area contributed by atoms with Crippen molar-refractivity contribution in [3.63, 3.8) is 0 Å². The fraction of sp³-hybridized carbons (Fsp3) is 0.118. The molecule has 1 aliphatic rings. The molecule has 0 radical (unpaired) electrons. The zero-order chi connectivity index (χ0) is 16.9. The van der Waals surface area contributed by atoms with Gasteiger partial charge in [-0.2, -0.15) is 5.10 Å². The molecule has 7 heteroatoms. The second-order valence-corrected chi connectivity index (χ2v) is 6.07. The van der Waals surface area contributed by atoms with Crippen LogP contribution < -0.4 is 10.1 Å².